The predicted molar refractivity (Wildman–Crippen MR) is 167 cm³/mol. The van der Waals surface area contributed by atoms with E-state index in [2.05, 4.69) is 5.32 Å². The highest BCUT2D eigenvalue weighted by Gasteiger charge is 2.33. The minimum Gasteiger partial charge on any atom is -0.497 e. The third-order valence-electron chi connectivity index (χ3n) is 7.65. The number of hydrogen-bond acceptors (Lipinski definition) is 6. The summed E-state index contributed by atoms with van der Waals surface area (Å²) in [6.45, 7) is 1.20. The van der Waals surface area contributed by atoms with Crippen molar-refractivity contribution in [3.8, 4) is 11.5 Å². The number of benzene rings is 3. The second-order valence-electron chi connectivity index (χ2n) is 10.6. The van der Waals surface area contributed by atoms with Crippen molar-refractivity contribution < 1.29 is 27.5 Å². The van der Waals surface area contributed by atoms with Gasteiger partial charge in [-0.2, -0.15) is 0 Å². The summed E-state index contributed by atoms with van der Waals surface area (Å²) in [7, 11) is -1.16. The van der Waals surface area contributed by atoms with Crippen LogP contribution in [-0.4, -0.2) is 58.0 Å². The molecule has 0 heterocycles. The van der Waals surface area contributed by atoms with Crippen LogP contribution in [0.5, 0.6) is 11.5 Å². The molecule has 1 N–H and O–H groups in total. The highest BCUT2D eigenvalue weighted by molar-refractivity contribution is 7.92. The van der Waals surface area contributed by atoms with Crippen LogP contribution in [0.2, 0.25) is 5.02 Å². The third kappa shape index (κ3) is 8.20. The first-order chi connectivity index (χ1) is 20.6. The molecule has 1 aliphatic rings. The van der Waals surface area contributed by atoms with Crippen molar-refractivity contribution in [2.45, 2.75) is 62.6 Å². The molecular formula is C32H38ClN3O6S. The van der Waals surface area contributed by atoms with Crippen LogP contribution in [0.4, 0.5) is 5.69 Å². The number of hydrogen-bond donors (Lipinski definition) is 1. The summed E-state index contributed by atoms with van der Waals surface area (Å²) < 4.78 is 39.5. The first kappa shape index (κ1) is 32.2. The van der Waals surface area contributed by atoms with Crippen molar-refractivity contribution >= 4 is 39.1 Å². The van der Waals surface area contributed by atoms with Gasteiger partial charge in [-0.3, -0.25) is 13.9 Å². The SMILES string of the molecule is COc1ccc(S(=O)(=O)N(CC(=O)N(Cc2cccc(OC)c2)C(C)C(=O)NC2CCCCC2)c2ccc(Cl)cc2)cc1. The van der Waals surface area contributed by atoms with Crippen LogP contribution in [0.25, 0.3) is 0 Å². The van der Waals surface area contributed by atoms with Gasteiger partial charge in [0.25, 0.3) is 10.0 Å². The number of carbonyl (C=O) groups excluding carboxylic acids is 2. The Morgan fingerprint density at radius 3 is 2.21 bits per heavy atom. The fourth-order valence-electron chi connectivity index (χ4n) is 5.13. The average molecular weight is 628 g/mol. The molecule has 3 aromatic rings. The molecule has 1 unspecified atom stereocenters. The Morgan fingerprint density at radius 1 is 0.930 bits per heavy atom. The van der Waals surface area contributed by atoms with Crippen LogP contribution in [0.3, 0.4) is 0 Å². The number of halogens is 1. The summed E-state index contributed by atoms with van der Waals surface area (Å²) in [6, 6.07) is 18.6. The summed E-state index contributed by atoms with van der Waals surface area (Å²) in [6.07, 6.45) is 5.03. The molecule has 0 spiro atoms. The van der Waals surface area contributed by atoms with Gasteiger partial charge >= 0.3 is 0 Å². The fourth-order valence-corrected chi connectivity index (χ4v) is 6.67. The smallest absolute Gasteiger partial charge is 0.264 e. The van der Waals surface area contributed by atoms with Gasteiger partial charge in [-0.05, 0) is 86.0 Å². The molecule has 230 valence electrons. The van der Waals surface area contributed by atoms with E-state index in [0.29, 0.717) is 16.5 Å². The summed E-state index contributed by atoms with van der Waals surface area (Å²) in [5.41, 5.74) is 0.996. The lowest BCUT2D eigenvalue weighted by Crippen LogP contribution is -2.53. The minimum absolute atomic E-state index is 0.0153. The molecule has 1 aliphatic carbocycles. The van der Waals surface area contributed by atoms with Crippen molar-refractivity contribution in [2.24, 2.45) is 0 Å². The number of carbonyl (C=O) groups is 2. The first-order valence-electron chi connectivity index (χ1n) is 14.3. The van der Waals surface area contributed by atoms with Crippen LogP contribution < -0.4 is 19.1 Å². The molecule has 11 heteroatoms. The minimum atomic E-state index is -4.21. The summed E-state index contributed by atoms with van der Waals surface area (Å²) in [5, 5.41) is 3.53. The molecule has 1 fully saturated rings. The van der Waals surface area contributed by atoms with E-state index < -0.39 is 28.5 Å². The van der Waals surface area contributed by atoms with Gasteiger partial charge in [0.15, 0.2) is 0 Å². The molecule has 1 saturated carbocycles. The zero-order valence-corrected chi connectivity index (χ0v) is 26.2. The largest absolute Gasteiger partial charge is 0.497 e. The number of amides is 2. The van der Waals surface area contributed by atoms with Gasteiger partial charge in [0, 0.05) is 17.6 Å². The molecule has 0 bridgehead atoms. The second kappa shape index (κ2) is 14.6. The van der Waals surface area contributed by atoms with Gasteiger partial charge in [0.05, 0.1) is 24.8 Å². The van der Waals surface area contributed by atoms with Crippen molar-refractivity contribution in [3.05, 3.63) is 83.4 Å². The molecule has 43 heavy (non-hydrogen) atoms. The van der Waals surface area contributed by atoms with Crippen LogP contribution >= 0.6 is 11.6 Å². The quantitative estimate of drug-likeness (QED) is 0.288. The number of nitrogens with one attached hydrogen (secondary N) is 1. The van der Waals surface area contributed by atoms with E-state index >= 15 is 0 Å². The van der Waals surface area contributed by atoms with Gasteiger partial charge in [-0.1, -0.05) is 43.0 Å². The summed E-state index contributed by atoms with van der Waals surface area (Å²) in [4.78, 5) is 29.0. The van der Waals surface area contributed by atoms with Crippen molar-refractivity contribution in [2.75, 3.05) is 25.1 Å². The highest BCUT2D eigenvalue weighted by atomic mass is 35.5. The predicted octanol–water partition coefficient (Wildman–Crippen LogP) is 5.42. The summed E-state index contributed by atoms with van der Waals surface area (Å²) in [5.74, 6) is 0.282. The average Bonchev–Trinajstić information content (AvgIpc) is 3.03. The Balaban J connectivity index is 1.68. The van der Waals surface area contributed by atoms with Gasteiger partial charge < -0.3 is 19.7 Å². The zero-order chi connectivity index (χ0) is 31.0. The third-order valence-corrected chi connectivity index (χ3v) is 9.69. The first-order valence-corrected chi connectivity index (χ1v) is 16.1. The zero-order valence-electron chi connectivity index (χ0n) is 24.7. The van der Waals surface area contributed by atoms with E-state index in [0.717, 1.165) is 42.0 Å². The molecule has 4 rings (SSSR count). The Bertz CT molecular complexity index is 1490. The molecule has 0 aromatic heterocycles. The number of rotatable bonds is 12. The molecule has 0 saturated heterocycles. The van der Waals surface area contributed by atoms with Crippen molar-refractivity contribution in [3.63, 3.8) is 0 Å². The van der Waals surface area contributed by atoms with Crippen LogP contribution in [0.15, 0.2) is 77.7 Å². The van der Waals surface area contributed by atoms with E-state index in [-0.39, 0.29) is 29.1 Å². The van der Waals surface area contributed by atoms with E-state index in [1.165, 1.54) is 24.1 Å². The number of ether oxygens (including phenoxy) is 2. The molecule has 9 nitrogen and oxygen atoms in total. The summed E-state index contributed by atoms with van der Waals surface area (Å²) >= 11 is 6.10. The lowest BCUT2D eigenvalue weighted by atomic mass is 9.95. The number of anilines is 1. The Labute approximate surface area is 258 Å². The van der Waals surface area contributed by atoms with E-state index in [1.54, 1.807) is 68.6 Å². The standard InChI is InChI=1S/C32H38ClN3O6S/c1-23(32(38)34-26-9-5-4-6-10-26)35(21-24-8-7-11-29(20-24)42-3)31(37)22-36(27-14-12-25(33)13-15-27)43(39,40)30-18-16-28(41-2)17-19-30/h7-8,11-20,23,26H,4-6,9-10,21-22H2,1-3H3,(H,34,38). The van der Waals surface area contributed by atoms with E-state index in [4.69, 9.17) is 21.1 Å². The van der Waals surface area contributed by atoms with Gasteiger partial charge in [-0.15, -0.1) is 0 Å². The van der Waals surface area contributed by atoms with Gasteiger partial charge in [-0.25, -0.2) is 8.42 Å². The second-order valence-corrected chi connectivity index (χ2v) is 12.9. The van der Waals surface area contributed by atoms with Crippen molar-refractivity contribution in [1.29, 1.82) is 0 Å². The molecule has 1 atom stereocenters. The maximum atomic E-state index is 14.1. The number of sulfonamides is 1. The van der Waals surface area contributed by atoms with Gasteiger partial charge in [0.1, 0.15) is 24.1 Å². The lowest BCUT2D eigenvalue weighted by molar-refractivity contribution is -0.139. The maximum Gasteiger partial charge on any atom is 0.264 e. The van der Waals surface area contributed by atoms with E-state index in [1.807, 2.05) is 6.07 Å². The molecule has 0 aliphatic heterocycles. The van der Waals surface area contributed by atoms with E-state index in [9.17, 15) is 18.0 Å². The Kier molecular flexibility index (Phi) is 10.9. The van der Waals surface area contributed by atoms with Crippen molar-refractivity contribution in [1.82, 2.24) is 10.2 Å². The monoisotopic (exact) mass is 627 g/mol. The Hall–Kier alpha value is -3.76. The molecule has 2 amide bonds. The van der Waals surface area contributed by atoms with Crippen LogP contribution in [0, 0.1) is 0 Å². The Morgan fingerprint density at radius 2 is 1.58 bits per heavy atom. The molecule has 0 radical (unpaired) electrons. The van der Waals surface area contributed by atoms with Crippen LogP contribution in [0.1, 0.15) is 44.6 Å². The highest BCUT2D eigenvalue weighted by Crippen LogP contribution is 2.27. The normalized spacial score (nSPS) is 14.4. The topological polar surface area (TPSA) is 105 Å². The lowest BCUT2D eigenvalue weighted by Gasteiger charge is -2.33. The fraction of sp³-hybridized carbons (Fsp3) is 0.375. The maximum absolute atomic E-state index is 14.1. The molecule has 3 aromatic carbocycles. The van der Waals surface area contributed by atoms with Gasteiger partial charge in [0.2, 0.25) is 11.8 Å². The number of nitrogens with zero attached hydrogens (tertiary/aromatic N) is 2. The molecular weight excluding hydrogens is 590 g/mol. The van der Waals surface area contributed by atoms with Crippen LogP contribution in [-0.2, 0) is 26.2 Å². The number of methoxy groups -OCH3 is 2.